The van der Waals surface area contributed by atoms with E-state index in [4.69, 9.17) is 11.6 Å². The fourth-order valence-corrected chi connectivity index (χ4v) is 5.19. The number of hydrogen-bond donors (Lipinski definition) is 3. The molecule has 7 nitrogen and oxygen atoms in total. The molecule has 0 spiro atoms. The van der Waals surface area contributed by atoms with Gasteiger partial charge in [0.2, 0.25) is 5.60 Å². The SMILES string of the molecule is O=C(NCc1cc(F)cc(Cl)c1)[C@@]1(O)CCN(c2ccc3c(c2)C=C(c2nc4ccccc4[nH]2)C3)C1=O. The van der Waals surface area contributed by atoms with Crippen LogP contribution in [-0.2, 0) is 22.6 Å². The van der Waals surface area contributed by atoms with Crippen LogP contribution in [0, 0.1) is 5.82 Å². The predicted octanol–water partition coefficient (Wildman–Crippen LogP) is 4.24. The minimum atomic E-state index is -2.20. The topological polar surface area (TPSA) is 98.3 Å². The maximum absolute atomic E-state index is 13.6. The minimum Gasteiger partial charge on any atom is -0.372 e. The Morgan fingerprint density at radius 2 is 2.03 bits per heavy atom. The number of imidazole rings is 1. The Morgan fingerprint density at radius 3 is 2.84 bits per heavy atom. The summed E-state index contributed by atoms with van der Waals surface area (Å²) in [6.45, 7) is 0.119. The van der Waals surface area contributed by atoms with Crippen molar-refractivity contribution in [2.75, 3.05) is 11.4 Å². The Labute approximate surface area is 216 Å². The molecule has 0 unspecified atom stereocenters. The number of anilines is 1. The lowest BCUT2D eigenvalue weighted by atomic mass is 10.0. The molecular weight excluding hydrogens is 495 g/mol. The molecule has 1 aliphatic carbocycles. The smallest absolute Gasteiger partial charge is 0.268 e. The van der Waals surface area contributed by atoms with Gasteiger partial charge in [-0.25, -0.2) is 9.37 Å². The van der Waals surface area contributed by atoms with E-state index in [0.29, 0.717) is 17.7 Å². The van der Waals surface area contributed by atoms with Gasteiger partial charge in [0, 0.05) is 36.6 Å². The molecule has 2 heterocycles. The van der Waals surface area contributed by atoms with Gasteiger partial charge in [0.25, 0.3) is 11.8 Å². The second-order valence-electron chi connectivity index (χ2n) is 9.36. The van der Waals surface area contributed by atoms with Gasteiger partial charge in [-0.05, 0) is 70.8 Å². The number of allylic oxidation sites excluding steroid dienone is 1. The third-order valence-corrected chi connectivity index (χ3v) is 7.11. The van der Waals surface area contributed by atoms with Gasteiger partial charge in [-0.1, -0.05) is 29.8 Å². The van der Waals surface area contributed by atoms with Crippen LogP contribution in [0.1, 0.15) is 28.9 Å². The summed E-state index contributed by atoms with van der Waals surface area (Å²) >= 11 is 5.86. The summed E-state index contributed by atoms with van der Waals surface area (Å²) in [5.41, 5.74) is 3.81. The van der Waals surface area contributed by atoms with Crippen molar-refractivity contribution >= 4 is 51.8 Å². The maximum atomic E-state index is 13.6. The maximum Gasteiger partial charge on any atom is 0.268 e. The summed E-state index contributed by atoms with van der Waals surface area (Å²) in [5.74, 6) is -1.25. The zero-order chi connectivity index (χ0) is 25.7. The van der Waals surface area contributed by atoms with Gasteiger partial charge < -0.3 is 20.3 Å². The van der Waals surface area contributed by atoms with Gasteiger partial charge in [-0.3, -0.25) is 9.59 Å². The predicted molar refractivity (Wildman–Crippen MR) is 139 cm³/mol. The van der Waals surface area contributed by atoms with Crippen molar-refractivity contribution in [3.63, 3.8) is 0 Å². The van der Waals surface area contributed by atoms with Crippen LogP contribution in [-0.4, -0.2) is 39.0 Å². The molecule has 0 saturated carbocycles. The molecule has 1 aliphatic heterocycles. The summed E-state index contributed by atoms with van der Waals surface area (Å²) in [7, 11) is 0. The van der Waals surface area contributed by atoms with Crippen molar-refractivity contribution in [2.24, 2.45) is 0 Å². The van der Waals surface area contributed by atoms with Crippen molar-refractivity contribution < 1.29 is 19.1 Å². The number of aromatic amines is 1. The highest BCUT2D eigenvalue weighted by Crippen LogP contribution is 2.36. The van der Waals surface area contributed by atoms with Crippen LogP contribution >= 0.6 is 11.6 Å². The molecule has 1 fully saturated rings. The first-order chi connectivity index (χ1) is 17.8. The largest absolute Gasteiger partial charge is 0.372 e. The van der Waals surface area contributed by atoms with Gasteiger partial charge in [0.15, 0.2) is 0 Å². The molecular formula is C28H22ClFN4O3. The number of nitrogens with zero attached hydrogens (tertiary/aromatic N) is 2. The zero-order valence-electron chi connectivity index (χ0n) is 19.6. The highest BCUT2D eigenvalue weighted by molar-refractivity contribution is 6.30. The molecule has 4 aromatic rings. The third-order valence-electron chi connectivity index (χ3n) is 6.89. The average molecular weight is 517 g/mol. The number of benzene rings is 3. The summed E-state index contributed by atoms with van der Waals surface area (Å²) in [6.07, 6.45) is 2.69. The minimum absolute atomic E-state index is 0.0568. The van der Waals surface area contributed by atoms with E-state index >= 15 is 0 Å². The number of fused-ring (bicyclic) bond motifs is 2. The molecule has 0 radical (unpaired) electrons. The normalized spacial score (nSPS) is 18.8. The summed E-state index contributed by atoms with van der Waals surface area (Å²) in [5, 5.41) is 13.7. The van der Waals surface area contributed by atoms with Crippen LogP contribution in [0.2, 0.25) is 5.02 Å². The van der Waals surface area contributed by atoms with Crippen LogP contribution in [0.5, 0.6) is 0 Å². The number of amides is 2. The van der Waals surface area contributed by atoms with Crippen molar-refractivity contribution in [3.05, 3.63) is 94.0 Å². The third kappa shape index (κ3) is 4.18. The fourth-order valence-electron chi connectivity index (χ4n) is 4.95. The van der Waals surface area contributed by atoms with Gasteiger partial charge in [-0.2, -0.15) is 0 Å². The Bertz CT molecular complexity index is 1560. The number of para-hydroxylation sites is 2. The van der Waals surface area contributed by atoms with Crippen molar-refractivity contribution in [3.8, 4) is 0 Å². The van der Waals surface area contributed by atoms with Crippen LogP contribution in [0.15, 0.2) is 60.7 Å². The highest BCUT2D eigenvalue weighted by Gasteiger charge is 2.51. The quantitative estimate of drug-likeness (QED) is 0.346. The standard InChI is InChI=1S/C28H22ClFN4O3/c29-20-9-16(10-21(30)14-20)15-31-26(35)28(37)7-8-34(27(28)36)22-6-5-17-11-19(12-18(17)13-22)25-32-23-3-1-2-4-24(23)33-25/h1-6,9-10,12-14,37H,7-8,11,15H2,(H,31,35)(H,32,33)/t28-/m0/s1. The first-order valence-corrected chi connectivity index (χ1v) is 12.2. The van der Waals surface area contributed by atoms with Gasteiger partial charge in [0.05, 0.1) is 11.0 Å². The average Bonchev–Trinajstić information content (AvgIpc) is 3.57. The highest BCUT2D eigenvalue weighted by atomic mass is 35.5. The van der Waals surface area contributed by atoms with E-state index in [1.165, 1.54) is 17.0 Å². The molecule has 6 rings (SSSR count). The lowest BCUT2D eigenvalue weighted by molar-refractivity contribution is -0.149. The van der Waals surface area contributed by atoms with Crippen molar-refractivity contribution in [1.82, 2.24) is 15.3 Å². The van der Waals surface area contributed by atoms with Crippen LogP contribution in [0.25, 0.3) is 22.7 Å². The Balaban J connectivity index is 1.19. The number of carbonyl (C=O) groups is 2. The monoisotopic (exact) mass is 516 g/mol. The summed E-state index contributed by atoms with van der Waals surface area (Å²) in [6, 6.07) is 17.4. The fraction of sp³-hybridized carbons (Fsp3) is 0.179. The molecule has 2 amide bonds. The molecule has 3 aromatic carbocycles. The second kappa shape index (κ2) is 8.83. The molecule has 3 N–H and O–H groups in total. The Morgan fingerprint density at radius 1 is 1.19 bits per heavy atom. The number of hydrogen-bond acceptors (Lipinski definition) is 4. The molecule has 186 valence electrons. The number of rotatable bonds is 5. The van der Waals surface area contributed by atoms with Crippen molar-refractivity contribution in [2.45, 2.75) is 25.0 Å². The number of carbonyl (C=O) groups excluding carboxylic acids is 2. The Hall–Kier alpha value is -4.01. The van der Waals surface area contributed by atoms with E-state index < -0.39 is 23.2 Å². The van der Waals surface area contributed by atoms with E-state index in [1.54, 1.807) is 0 Å². The number of aliphatic hydroxyl groups is 1. The zero-order valence-corrected chi connectivity index (χ0v) is 20.3. The molecule has 37 heavy (non-hydrogen) atoms. The second-order valence-corrected chi connectivity index (χ2v) is 9.80. The van der Waals surface area contributed by atoms with Crippen LogP contribution in [0.4, 0.5) is 10.1 Å². The van der Waals surface area contributed by atoms with E-state index in [0.717, 1.165) is 39.6 Å². The summed E-state index contributed by atoms with van der Waals surface area (Å²) < 4.78 is 13.6. The van der Waals surface area contributed by atoms with Crippen molar-refractivity contribution in [1.29, 1.82) is 0 Å². The Kier molecular flexibility index (Phi) is 5.58. The lowest BCUT2D eigenvalue weighted by Gasteiger charge is -2.22. The lowest BCUT2D eigenvalue weighted by Crippen LogP contribution is -2.52. The van der Waals surface area contributed by atoms with E-state index in [-0.39, 0.29) is 24.5 Å². The number of aromatic nitrogens is 2. The molecule has 2 aliphatic rings. The van der Waals surface area contributed by atoms with Crippen LogP contribution < -0.4 is 10.2 Å². The number of nitrogens with one attached hydrogen (secondary N) is 2. The molecule has 1 atom stereocenters. The molecule has 1 saturated heterocycles. The molecule has 9 heteroatoms. The first-order valence-electron chi connectivity index (χ1n) is 11.9. The summed E-state index contributed by atoms with van der Waals surface area (Å²) in [4.78, 5) is 35.4. The van der Waals surface area contributed by atoms with Gasteiger partial charge in [-0.15, -0.1) is 0 Å². The van der Waals surface area contributed by atoms with E-state index in [2.05, 4.69) is 15.3 Å². The number of H-pyrrole nitrogens is 1. The van der Waals surface area contributed by atoms with Gasteiger partial charge >= 0.3 is 0 Å². The number of halogens is 2. The van der Waals surface area contributed by atoms with Crippen LogP contribution in [0.3, 0.4) is 0 Å². The first kappa shape index (κ1) is 23.4. The molecule has 0 bridgehead atoms. The van der Waals surface area contributed by atoms with E-state index in [9.17, 15) is 19.1 Å². The molecule has 1 aromatic heterocycles. The van der Waals surface area contributed by atoms with Gasteiger partial charge in [0.1, 0.15) is 11.6 Å². The van der Waals surface area contributed by atoms with E-state index in [1.807, 2.05) is 48.5 Å².